The van der Waals surface area contributed by atoms with Gasteiger partial charge in [0, 0.05) is 0 Å². The van der Waals surface area contributed by atoms with E-state index in [0.29, 0.717) is 0 Å². The molecular formula is C8H8Cl2O. The number of benzene rings is 1. The molecule has 0 saturated carbocycles. The van der Waals surface area contributed by atoms with Crippen LogP contribution in [-0.2, 0) is 0 Å². The predicted octanol–water partition coefficient (Wildman–Crippen LogP) is 2.52. The van der Waals surface area contributed by atoms with Gasteiger partial charge in [-0.2, -0.15) is 0 Å². The first-order chi connectivity index (χ1) is 5.22. The molecule has 0 amide bonds. The Bertz CT molecular complexity index is 211. The number of aliphatic hydroxyl groups excluding tert-OH is 1. The molecule has 0 aliphatic heterocycles. The van der Waals surface area contributed by atoms with E-state index in [1.165, 1.54) is 0 Å². The lowest BCUT2D eigenvalue weighted by atomic mass is 10.1. The van der Waals surface area contributed by atoms with Crippen LogP contribution < -0.4 is 0 Å². The lowest BCUT2D eigenvalue weighted by Gasteiger charge is -2.10. The van der Waals surface area contributed by atoms with E-state index in [9.17, 15) is 5.11 Å². The Balaban J connectivity index is 2.77. The zero-order chi connectivity index (χ0) is 8.27. The topological polar surface area (TPSA) is 20.2 Å². The molecule has 0 bridgehead atoms. The summed E-state index contributed by atoms with van der Waals surface area (Å²) in [5.74, 6) is 0. The highest BCUT2D eigenvalue weighted by atomic mass is 35.5. The Kier molecular flexibility index (Phi) is 3.18. The minimum absolute atomic E-state index is 0.738. The van der Waals surface area contributed by atoms with Crippen molar-refractivity contribution in [3.63, 3.8) is 0 Å². The maximum atomic E-state index is 9.33. The normalized spacial score (nSPS) is 13.5. The SMILES string of the molecule is O[C@H](c1ccccc1)C(Cl)Cl. The molecule has 0 aliphatic rings. The van der Waals surface area contributed by atoms with Gasteiger partial charge in [-0.25, -0.2) is 0 Å². The third-order valence-electron chi connectivity index (χ3n) is 1.38. The minimum Gasteiger partial charge on any atom is -0.386 e. The maximum absolute atomic E-state index is 9.33. The highest BCUT2D eigenvalue weighted by Crippen LogP contribution is 2.22. The summed E-state index contributed by atoms with van der Waals surface area (Å²) in [7, 11) is 0. The van der Waals surface area contributed by atoms with Crippen molar-refractivity contribution in [3.8, 4) is 0 Å². The number of alkyl halides is 2. The molecule has 0 aromatic heterocycles. The van der Waals surface area contributed by atoms with Gasteiger partial charge in [-0.05, 0) is 5.56 Å². The van der Waals surface area contributed by atoms with Gasteiger partial charge in [0.1, 0.15) is 10.9 Å². The van der Waals surface area contributed by atoms with Gasteiger partial charge in [-0.3, -0.25) is 0 Å². The van der Waals surface area contributed by atoms with E-state index in [-0.39, 0.29) is 0 Å². The van der Waals surface area contributed by atoms with E-state index in [2.05, 4.69) is 0 Å². The Morgan fingerprint density at radius 1 is 1.09 bits per heavy atom. The minimum atomic E-state index is -0.792. The summed E-state index contributed by atoms with van der Waals surface area (Å²) in [5, 5.41) is 9.33. The van der Waals surface area contributed by atoms with Crippen LogP contribution in [0.1, 0.15) is 11.7 Å². The van der Waals surface area contributed by atoms with Gasteiger partial charge in [-0.1, -0.05) is 30.3 Å². The molecule has 60 valence electrons. The molecule has 1 rings (SSSR count). The van der Waals surface area contributed by atoms with Gasteiger partial charge in [0.25, 0.3) is 0 Å². The van der Waals surface area contributed by atoms with Crippen LogP contribution in [0, 0.1) is 0 Å². The van der Waals surface area contributed by atoms with E-state index in [4.69, 9.17) is 23.2 Å². The van der Waals surface area contributed by atoms with Crippen LogP contribution in [0.5, 0.6) is 0 Å². The fraction of sp³-hybridized carbons (Fsp3) is 0.250. The summed E-state index contributed by atoms with van der Waals surface area (Å²) >= 11 is 11.0. The van der Waals surface area contributed by atoms with E-state index < -0.39 is 10.9 Å². The Morgan fingerprint density at radius 3 is 2.09 bits per heavy atom. The zero-order valence-corrected chi connectivity index (χ0v) is 7.26. The molecule has 1 aromatic rings. The Hall–Kier alpha value is -0.240. The van der Waals surface area contributed by atoms with Gasteiger partial charge >= 0.3 is 0 Å². The van der Waals surface area contributed by atoms with Gasteiger partial charge in [-0.15, -0.1) is 23.2 Å². The van der Waals surface area contributed by atoms with Crippen molar-refractivity contribution < 1.29 is 5.11 Å². The van der Waals surface area contributed by atoms with Crippen molar-refractivity contribution in [1.82, 2.24) is 0 Å². The molecule has 1 atom stereocenters. The maximum Gasteiger partial charge on any atom is 0.137 e. The number of hydrogen-bond acceptors (Lipinski definition) is 1. The molecule has 11 heavy (non-hydrogen) atoms. The highest BCUT2D eigenvalue weighted by Gasteiger charge is 2.14. The second kappa shape index (κ2) is 3.96. The third-order valence-corrected chi connectivity index (χ3v) is 1.86. The van der Waals surface area contributed by atoms with Crippen molar-refractivity contribution in [2.45, 2.75) is 10.9 Å². The zero-order valence-electron chi connectivity index (χ0n) is 5.74. The number of aliphatic hydroxyl groups is 1. The average molecular weight is 191 g/mol. The fourth-order valence-corrected chi connectivity index (χ4v) is 1.09. The first-order valence-corrected chi connectivity index (χ1v) is 4.10. The lowest BCUT2D eigenvalue weighted by Crippen LogP contribution is -2.05. The summed E-state index contributed by atoms with van der Waals surface area (Å²) in [6, 6.07) is 9.09. The molecule has 0 unspecified atom stereocenters. The number of halogens is 2. The molecular weight excluding hydrogens is 183 g/mol. The first-order valence-electron chi connectivity index (χ1n) is 3.23. The van der Waals surface area contributed by atoms with E-state index >= 15 is 0 Å². The van der Waals surface area contributed by atoms with Crippen molar-refractivity contribution in [2.24, 2.45) is 0 Å². The highest BCUT2D eigenvalue weighted by molar-refractivity contribution is 6.44. The van der Waals surface area contributed by atoms with Crippen molar-refractivity contribution in [3.05, 3.63) is 35.9 Å². The molecule has 0 spiro atoms. The monoisotopic (exact) mass is 190 g/mol. The van der Waals surface area contributed by atoms with Crippen molar-refractivity contribution in [1.29, 1.82) is 0 Å². The molecule has 0 fully saturated rings. The standard InChI is InChI=1S/C8H8Cl2O/c9-8(10)7(11)6-4-2-1-3-5-6/h1-5,7-8,11H/t7-/m1/s1. The summed E-state index contributed by atoms with van der Waals surface area (Å²) in [6.07, 6.45) is -0.792. The molecule has 3 heteroatoms. The largest absolute Gasteiger partial charge is 0.386 e. The van der Waals surface area contributed by atoms with Gasteiger partial charge in [0.2, 0.25) is 0 Å². The summed E-state index contributed by atoms with van der Waals surface area (Å²) in [6.45, 7) is 0. The Labute approximate surface area is 75.6 Å². The van der Waals surface area contributed by atoms with Crippen LogP contribution in [-0.4, -0.2) is 9.94 Å². The predicted molar refractivity (Wildman–Crippen MR) is 46.9 cm³/mol. The van der Waals surface area contributed by atoms with E-state index in [1.54, 1.807) is 12.1 Å². The third kappa shape index (κ3) is 2.37. The number of hydrogen-bond donors (Lipinski definition) is 1. The van der Waals surface area contributed by atoms with Gasteiger partial charge in [0.05, 0.1) is 0 Å². The van der Waals surface area contributed by atoms with Crippen molar-refractivity contribution in [2.75, 3.05) is 0 Å². The summed E-state index contributed by atoms with van der Waals surface area (Å²) in [5.41, 5.74) is 0.738. The summed E-state index contributed by atoms with van der Waals surface area (Å²) < 4.78 is 0. The van der Waals surface area contributed by atoms with Gasteiger partial charge < -0.3 is 5.11 Å². The summed E-state index contributed by atoms with van der Waals surface area (Å²) in [4.78, 5) is -0.766. The molecule has 1 aromatic carbocycles. The quantitative estimate of drug-likeness (QED) is 0.712. The molecule has 0 aliphatic carbocycles. The van der Waals surface area contributed by atoms with Crippen LogP contribution in [0.4, 0.5) is 0 Å². The Morgan fingerprint density at radius 2 is 1.64 bits per heavy atom. The van der Waals surface area contributed by atoms with E-state index in [0.717, 1.165) is 5.56 Å². The molecule has 1 N–H and O–H groups in total. The molecule has 0 heterocycles. The molecule has 1 nitrogen and oxygen atoms in total. The fourth-order valence-electron chi connectivity index (χ4n) is 0.796. The smallest absolute Gasteiger partial charge is 0.137 e. The molecule has 0 saturated heterocycles. The average Bonchev–Trinajstić information content (AvgIpc) is 2.05. The van der Waals surface area contributed by atoms with E-state index in [1.807, 2.05) is 18.2 Å². The van der Waals surface area contributed by atoms with Crippen LogP contribution >= 0.6 is 23.2 Å². The van der Waals surface area contributed by atoms with Crippen LogP contribution in [0.15, 0.2) is 30.3 Å². The van der Waals surface area contributed by atoms with Crippen LogP contribution in [0.3, 0.4) is 0 Å². The number of rotatable bonds is 2. The van der Waals surface area contributed by atoms with Crippen molar-refractivity contribution >= 4 is 23.2 Å². The molecule has 0 radical (unpaired) electrons. The van der Waals surface area contributed by atoms with Crippen LogP contribution in [0.25, 0.3) is 0 Å². The second-order valence-electron chi connectivity index (χ2n) is 2.19. The second-order valence-corrected chi connectivity index (χ2v) is 3.35. The first kappa shape index (κ1) is 8.85. The van der Waals surface area contributed by atoms with Gasteiger partial charge in [0.15, 0.2) is 0 Å². The lowest BCUT2D eigenvalue weighted by molar-refractivity contribution is 0.193. The van der Waals surface area contributed by atoms with Crippen LogP contribution in [0.2, 0.25) is 0 Å².